The Morgan fingerprint density at radius 3 is 2.88 bits per heavy atom. The highest BCUT2D eigenvalue weighted by molar-refractivity contribution is 7.21. The number of nitrogen functional groups attached to an aromatic ring is 2. The molecule has 2 aromatic heterocycles. The van der Waals surface area contributed by atoms with Crippen molar-refractivity contribution in [2.75, 3.05) is 23.9 Å². The van der Waals surface area contributed by atoms with Gasteiger partial charge in [-0.1, -0.05) is 6.07 Å². The monoisotopic (exact) mass is 339 g/mol. The third-order valence-electron chi connectivity index (χ3n) is 3.40. The number of amides is 1. The summed E-state index contributed by atoms with van der Waals surface area (Å²) in [4.78, 5) is 17.5. The first-order valence-electron chi connectivity index (χ1n) is 6.87. The zero-order valence-electron chi connectivity index (χ0n) is 12.7. The van der Waals surface area contributed by atoms with Crippen molar-refractivity contribution in [1.82, 2.24) is 4.98 Å². The van der Waals surface area contributed by atoms with E-state index in [0.717, 1.165) is 11.3 Å². The lowest BCUT2D eigenvalue weighted by Crippen LogP contribution is -2.11. The van der Waals surface area contributed by atoms with E-state index < -0.39 is 0 Å². The van der Waals surface area contributed by atoms with Gasteiger partial charge in [0.2, 0.25) is 0 Å². The lowest BCUT2D eigenvalue weighted by atomic mass is 10.2. The smallest absolute Gasteiger partial charge is 0.267 e. The van der Waals surface area contributed by atoms with Crippen molar-refractivity contribution in [2.45, 2.75) is 0 Å². The first kappa shape index (κ1) is 15.6. The van der Waals surface area contributed by atoms with Gasteiger partial charge < -0.3 is 21.5 Å². The Labute approximate surface area is 141 Å². The van der Waals surface area contributed by atoms with E-state index >= 15 is 0 Å². The number of carbonyl (C=O) groups excluding carboxylic acids is 1. The molecular formula is C16H13N5O2S. The van der Waals surface area contributed by atoms with Gasteiger partial charge in [-0.2, -0.15) is 5.26 Å². The number of ether oxygens (including phenoxy) is 1. The van der Waals surface area contributed by atoms with Crippen LogP contribution in [-0.4, -0.2) is 18.0 Å². The molecule has 0 saturated heterocycles. The van der Waals surface area contributed by atoms with Crippen LogP contribution in [0.2, 0.25) is 0 Å². The zero-order valence-corrected chi connectivity index (χ0v) is 13.5. The van der Waals surface area contributed by atoms with Gasteiger partial charge in [0.25, 0.3) is 5.91 Å². The Morgan fingerprint density at radius 2 is 2.17 bits per heavy atom. The molecule has 1 amide bonds. The van der Waals surface area contributed by atoms with Crippen molar-refractivity contribution < 1.29 is 9.53 Å². The van der Waals surface area contributed by atoms with Gasteiger partial charge in [0.05, 0.1) is 18.4 Å². The van der Waals surface area contributed by atoms with Crippen LogP contribution < -0.4 is 21.5 Å². The molecule has 5 N–H and O–H groups in total. The Hall–Kier alpha value is -3.31. The number of fused-ring (bicyclic) bond motifs is 1. The SMILES string of the molecule is COc1cccc(NC(=O)c2sc3nc(N)c(C#N)cc3c2N)c1. The normalized spacial score (nSPS) is 10.3. The van der Waals surface area contributed by atoms with E-state index in [1.165, 1.54) is 0 Å². The predicted molar refractivity (Wildman–Crippen MR) is 94.1 cm³/mol. The highest BCUT2D eigenvalue weighted by atomic mass is 32.1. The summed E-state index contributed by atoms with van der Waals surface area (Å²) < 4.78 is 5.12. The van der Waals surface area contributed by atoms with E-state index in [4.69, 9.17) is 21.5 Å². The second-order valence-corrected chi connectivity index (χ2v) is 5.92. The van der Waals surface area contributed by atoms with E-state index in [2.05, 4.69) is 10.3 Å². The van der Waals surface area contributed by atoms with Crippen LogP contribution in [0.5, 0.6) is 5.75 Å². The van der Waals surface area contributed by atoms with Gasteiger partial charge in [-0.15, -0.1) is 11.3 Å². The number of methoxy groups -OCH3 is 1. The van der Waals surface area contributed by atoms with E-state index in [-0.39, 0.29) is 23.0 Å². The number of nitrogens with one attached hydrogen (secondary N) is 1. The number of nitrogens with zero attached hydrogens (tertiary/aromatic N) is 2. The Morgan fingerprint density at radius 1 is 1.38 bits per heavy atom. The van der Waals surface area contributed by atoms with Crippen molar-refractivity contribution in [2.24, 2.45) is 0 Å². The lowest BCUT2D eigenvalue weighted by Gasteiger charge is -2.06. The van der Waals surface area contributed by atoms with Crippen LogP contribution in [0, 0.1) is 11.3 Å². The van der Waals surface area contributed by atoms with Crippen LogP contribution in [0.4, 0.5) is 17.2 Å². The molecule has 3 aromatic rings. The molecule has 0 atom stereocenters. The number of rotatable bonds is 3. The summed E-state index contributed by atoms with van der Waals surface area (Å²) in [6.45, 7) is 0. The zero-order chi connectivity index (χ0) is 17.3. The second kappa shape index (κ2) is 6.06. The summed E-state index contributed by atoms with van der Waals surface area (Å²) in [6.07, 6.45) is 0. The van der Waals surface area contributed by atoms with Gasteiger partial charge in [-0.25, -0.2) is 4.98 Å². The van der Waals surface area contributed by atoms with Crippen molar-refractivity contribution in [3.05, 3.63) is 40.8 Å². The maximum atomic E-state index is 12.5. The Bertz CT molecular complexity index is 990. The van der Waals surface area contributed by atoms with Crippen LogP contribution in [0.1, 0.15) is 15.2 Å². The van der Waals surface area contributed by atoms with Gasteiger partial charge in [0.15, 0.2) is 0 Å². The molecule has 0 saturated carbocycles. The largest absolute Gasteiger partial charge is 0.497 e. The van der Waals surface area contributed by atoms with Gasteiger partial charge >= 0.3 is 0 Å². The molecule has 0 unspecified atom stereocenters. The fourth-order valence-corrected chi connectivity index (χ4v) is 3.18. The van der Waals surface area contributed by atoms with Crippen molar-refractivity contribution in [1.29, 1.82) is 5.26 Å². The van der Waals surface area contributed by atoms with Crippen LogP contribution in [-0.2, 0) is 0 Å². The number of hydrogen-bond donors (Lipinski definition) is 3. The first-order chi connectivity index (χ1) is 11.5. The number of aromatic nitrogens is 1. The topological polar surface area (TPSA) is 127 Å². The Kier molecular flexibility index (Phi) is 3.93. The molecule has 8 heteroatoms. The van der Waals surface area contributed by atoms with Crippen molar-refractivity contribution in [3.63, 3.8) is 0 Å². The summed E-state index contributed by atoms with van der Waals surface area (Å²) in [5, 5.41) is 12.3. The maximum Gasteiger partial charge on any atom is 0.267 e. The van der Waals surface area contributed by atoms with Crippen LogP contribution >= 0.6 is 11.3 Å². The Balaban J connectivity index is 1.98. The number of hydrogen-bond acceptors (Lipinski definition) is 7. The summed E-state index contributed by atoms with van der Waals surface area (Å²) in [5.41, 5.74) is 12.9. The first-order valence-corrected chi connectivity index (χ1v) is 7.69. The highest BCUT2D eigenvalue weighted by Gasteiger charge is 2.19. The summed E-state index contributed by atoms with van der Waals surface area (Å²) >= 11 is 1.13. The van der Waals surface area contributed by atoms with Gasteiger partial charge in [0.1, 0.15) is 27.3 Å². The predicted octanol–water partition coefficient (Wildman–Crippen LogP) is 2.59. The number of thiophene rings is 1. The van der Waals surface area contributed by atoms with Crippen LogP contribution in [0.3, 0.4) is 0 Å². The molecule has 0 bridgehead atoms. The average molecular weight is 339 g/mol. The molecule has 0 aliphatic carbocycles. The fourth-order valence-electron chi connectivity index (χ4n) is 2.20. The minimum atomic E-state index is -0.360. The molecule has 3 rings (SSSR count). The summed E-state index contributed by atoms with van der Waals surface area (Å²) in [6, 6.07) is 10.5. The number of carbonyl (C=O) groups is 1. The number of pyridine rings is 1. The third kappa shape index (κ3) is 2.68. The van der Waals surface area contributed by atoms with E-state index in [1.807, 2.05) is 6.07 Å². The molecule has 7 nitrogen and oxygen atoms in total. The van der Waals surface area contributed by atoms with Gasteiger partial charge in [-0.3, -0.25) is 4.79 Å². The summed E-state index contributed by atoms with van der Waals surface area (Å²) in [7, 11) is 1.55. The summed E-state index contributed by atoms with van der Waals surface area (Å²) in [5.74, 6) is 0.386. The molecule has 24 heavy (non-hydrogen) atoms. The van der Waals surface area contributed by atoms with Crippen molar-refractivity contribution in [3.8, 4) is 11.8 Å². The number of nitrogens with two attached hydrogens (primary N) is 2. The molecule has 0 aliphatic heterocycles. The molecule has 0 spiro atoms. The molecule has 0 fully saturated rings. The van der Waals surface area contributed by atoms with E-state index in [9.17, 15) is 4.79 Å². The molecule has 0 aliphatic rings. The molecule has 0 radical (unpaired) electrons. The number of benzene rings is 1. The second-order valence-electron chi connectivity index (χ2n) is 4.92. The van der Waals surface area contributed by atoms with Crippen LogP contribution in [0.15, 0.2) is 30.3 Å². The average Bonchev–Trinajstić information content (AvgIpc) is 2.90. The fraction of sp³-hybridized carbons (Fsp3) is 0.0625. The van der Waals surface area contributed by atoms with Gasteiger partial charge in [-0.05, 0) is 18.2 Å². The maximum absolute atomic E-state index is 12.5. The van der Waals surface area contributed by atoms with E-state index in [1.54, 1.807) is 37.4 Å². The quantitative estimate of drug-likeness (QED) is 0.673. The third-order valence-corrected chi connectivity index (χ3v) is 4.52. The highest BCUT2D eigenvalue weighted by Crippen LogP contribution is 2.34. The number of nitriles is 1. The standard InChI is InChI=1S/C16H13N5O2S/c1-23-10-4-2-3-9(6-10)20-15(22)13-12(18)11-5-8(7-17)14(19)21-16(11)24-13/h2-6H,18H2,1H3,(H2,19,21)(H,20,22). The molecule has 1 aromatic carbocycles. The van der Waals surface area contributed by atoms with E-state index in [0.29, 0.717) is 26.5 Å². The van der Waals surface area contributed by atoms with Gasteiger partial charge in [0, 0.05) is 17.1 Å². The minimum absolute atomic E-state index is 0.117. The molecule has 2 heterocycles. The molecule has 120 valence electrons. The minimum Gasteiger partial charge on any atom is -0.497 e. The lowest BCUT2D eigenvalue weighted by molar-refractivity contribution is 0.103. The molecular weight excluding hydrogens is 326 g/mol. The van der Waals surface area contributed by atoms with Crippen LogP contribution in [0.25, 0.3) is 10.2 Å². The number of anilines is 3. The van der Waals surface area contributed by atoms with Crippen molar-refractivity contribution >= 4 is 44.7 Å².